The number of hydrogen-bond donors (Lipinski definition) is 0. The van der Waals surface area contributed by atoms with Crippen molar-refractivity contribution >= 4 is 0 Å². The summed E-state index contributed by atoms with van der Waals surface area (Å²) < 4.78 is 1.26. The molecule has 102 valence electrons. The van der Waals surface area contributed by atoms with Crippen LogP contribution in [-0.4, -0.2) is 55.2 Å². The zero-order valence-electron chi connectivity index (χ0n) is 12.9. The molecule has 0 spiro atoms. The molecule has 0 bridgehead atoms. The van der Waals surface area contributed by atoms with Crippen LogP contribution in [0.1, 0.15) is 47.5 Å². The van der Waals surface area contributed by atoms with Gasteiger partial charge < -0.3 is 4.48 Å². The summed E-state index contributed by atoms with van der Waals surface area (Å²) in [7, 11) is 2.41. The van der Waals surface area contributed by atoms with Gasteiger partial charge in [-0.1, -0.05) is 20.8 Å². The molecule has 0 aliphatic carbocycles. The van der Waals surface area contributed by atoms with Gasteiger partial charge in [0.2, 0.25) is 0 Å². The van der Waals surface area contributed by atoms with Crippen LogP contribution in [0.4, 0.5) is 0 Å². The van der Waals surface area contributed by atoms with Gasteiger partial charge >= 0.3 is 0 Å². The molecule has 2 nitrogen and oxygen atoms in total. The van der Waals surface area contributed by atoms with E-state index >= 15 is 0 Å². The Balaban J connectivity index is 2.24. The molecule has 0 saturated carbocycles. The van der Waals surface area contributed by atoms with E-state index in [9.17, 15) is 0 Å². The standard InChI is InChI=1S/C15H33N2/c1-14(2)17(6)12-10-16(11-13-17)9-7-8-15(3,4)5/h14H,7-13H2,1-6H3/q+1. The van der Waals surface area contributed by atoms with Gasteiger partial charge in [0, 0.05) is 13.1 Å². The van der Waals surface area contributed by atoms with Gasteiger partial charge in [0.05, 0.1) is 26.2 Å². The molecule has 1 aliphatic heterocycles. The van der Waals surface area contributed by atoms with E-state index in [1.807, 2.05) is 0 Å². The maximum absolute atomic E-state index is 2.66. The van der Waals surface area contributed by atoms with Crippen LogP contribution >= 0.6 is 0 Å². The smallest absolute Gasteiger partial charge is 0.0916 e. The number of nitrogens with zero attached hydrogens (tertiary/aromatic N) is 2. The Morgan fingerprint density at radius 3 is 2.06 bits per heavy atom. The molecule has 1 fully saturated rings. The predicted molar refractivity (Wildman–Crippen MR) is 76.2 cm³/mol. The molecule has 0 aromatic rings. The Labute approximate surface area is 109 Å². The highest BCUT2D eigenvalue weighted by molar-refractivity contribution is 4.67. The van der Waals surface area contributed by atoms with Crippen molar-refractivity contribution in [3.8, 4) is 0 Å². The quantitative estimate of drug-likeness (QED) is 0.684. The molecule has 1 heterocycles. The average Bonchev–Trinajstić information content (AvgIpc) is 2.19. The summed E-state index contributed by atoms with van der Waals surface area (Å²) in [6, 6.07) is 0.770. The minimum absolute atomic E-state index is 0.498. The first-order valence-corrected chi connectivity index (χ1v) is 7.29. The Hall–Kier alpha value is -0.0800. The van der Waals surface area contributed by atoms with Crippen molar-refractivity contribution in [3.05, 3.63) is 0 Å². The topological polar surface area (TPSA) is 3.24 Å². The summed E-state index contributed by atoms with van der Waals surface area (Å²) in [5, 5.41) is 0. The molecule has 1 saturated heterocycles. The van der Waals surface area contributed by atoms with Gasteiger partial charge in [0.15, 0.2) is 0 Å². The molecular formula is C15H33N2+. The van der Waals surface area contributed by atoms with Crippen molar-refractivity contribution in [2.45, 2.75) is 53.5 Å². The van der Waals surface area contributed by atoms with Crippen molar-refractivity contribution in [2.24, 2.45) is 5.41 Å². The lowest BCUT2D eigenvalue weighted by Gasteiger charge is -2.45. The minimum atomic E-state index is 0.498. The van der Waals surface area contributed by atoms with Crippen molar-refractivity contribution in [2.75, 3.05) is 39.8 Å². The molecule has 1 rings (SSSR count). The number of hydrogen-bond acceptors (Lipinski definition) is 1. The lowest BCUT2D eigenvalue weighted by molar-refractivity contribution is -0.933. The van der Waals surface area contributed by atoms with Crippen LogP contribution in [-0.2, 0) is 0 Å². The first kappa shape index (κ1) is 15.0. The van der Waals surface area contributed by atoms with E-state index in [4.69, 9.17) is 0 Å². The maximum Gasteiger partial charge on any atom is 0.0916 e. The second-order valence-electron chi connectivity index (χ2n) is 7.53. The molecule has 0 amide bonds. The van der Waals surface area contributed by atoms with Crippen molar-refractivity contribution in [3.63, 3.8) is 0 Å². The van der Waals surface area contributed by atoms with Crippen LogP contribution < -0.4 is 0 Å². The molecule has 1 aliphatic rings. The zero-order chi connectivity index (χ0) is 13.1. The molecule has 0 radical (unpaired) electrons. The van der Waals surface area contributed by atoms with E-state index in [0.717, 1.165) is 6.04 Å². The fourth-order valence-electron chi connectivity index (χ4n) is 2.54. The van der Waals surface area contributed by atoms with Gasteiger partial charge in [-0.3, -0.25) is 4.90 Å². The van der Waals surface area contributed by atoms with Crippen molar-refractivity contribution < 1.29 is 4.48 Å². The van der Waals surface area contributed by atoms with Crippen molar-refractivity contribution in [1.82, 2.24) is 4.90 Å². The van der Waals surface area contributed by atoms with E-state index in [2.05, 4.69) is 46.6 Å². The normalized spacial score (nSPS) is 22.1. The monoisotopic (exact) mass is 241 g/mol. The second kappa shape index (κ2) is 5.71. The molecule has 0 aromatic carbocycles. The average molecular weight is 241 g/mol. The summed E-state index contributed by atoms with van der Waals surface area (Å²) in [6.45, 7) is 18.3. The van der Waals surface area contributed by atoms with E-state index < -0.39 is 0 Å². The van der Waals surface area contributed by atoms with Gasteiger partial charge in [-0.25, -0.2) is 0 Å². The fraction of sp³-hybridized carbons (Fsp3) is 1.00. The van der Waals surface area contributed by atoms with Gasteiger partial charge in [-0.15, -0.1) is 0 Å². The Bertz CT molecular complexity index is 220. The van der Waals surface area contributed by atoms with Gasteiger partial charge in [0.25, 0.3) is 0 Å². The van der Waals surface area contributed by atoms with E-state index in [-0.39, 0.29) is 0 Å². The molecule has 0 atom stereocenters. The number of piperazine rings is 1. The van der Waals surface area contributed by atoms with Gasteiger partial charge in [-0.2, -0.15) is 0 Å². The van der Waals surface area contributed by atoms with Gasteiger partial charge in [0.1, 0.15) is 0 Å². The first-order valence-electron chi connectivity index (χ1n) is 7.29. The third-order valence-electron chi connectivity index (χ3n) is 4.50. The highest BCUT2D eigenvalue weighted by Crippen LogP contribution is 2.21. The van der Waals surface area contributed by atoms with Crippen LogP contribution in [0.25, 0.3) is 0 Å². The second-order valence-corrected chi connectivity index (χ2v) is 7.53. The molecule has 0 aromatic heterocycles. The van der Waals surface area contributed by atoms with Crippen LogP contribution in [0.15, 0.2) is 0 Å². The first-order chi connectivity index (χ1) is 7.73. The van der Waals surface area contributed by atoms with E-state index in [0.29, 0.717) is 5.41 Å². The molecule has 2 heteroatoms. The highest BCUT2D eigenvalue weighted by Gasteiger charge is 2.30. The van der Waals surface area contributed by atoms with E-state index in [1.54, 1.807) is 0 Å². The lowest BCUT2D eigenvalue weighted by Crippen LogP contribution is -2.60. The van der Waals surface area contributed by atoms with Crippen LogP contribution in [0, 0.1) is 5.41 Å². The molecule has 17 heavy (non-hydrogen) atoms. The minimum Gasteiger partial charge on any atom is -0.322 e. The fourth-order valence-corrected chi connectivity index (χ4v) is 2.54. The van der Waals surface area contributed by atoms with Gasteiger partial charge in [-0.05, 0) is 38.6 Å². The summed E-state index contributed by atoms with van der Waals surface area (Å²) in [6.07, 6.45) is 2.70. The van der Waals surface area contributed by atoms with Crippen LogP contribution in [0.3, 0.4) is 0 Å². The summed E-state index contributed by atoms with van der Waals surface area (Å²) in [5.74, 6) is 0. The third kappa shape index (κ3) is 4.97. The Morgan fingerprint density at radius 2 is 1.65 bits per heavy atom. The molecule has 0 N–H and O–H groups in total. The highest BCUT2D eigenvalue weighted by atomic mass is 15.4. The Kier molecular flexibility index (Phi) is 5.03. The maximum atomic E-state index is 2.66. The van der Waals surface area contributed by atoms with E-state index in [1.165, 1.54) is 50.0 Å². The predicted octanol–water partition coefficient (Wildman–Crippen LogP) is 2.98. The van der Waals surface area contributed by atoms with Crippen LogP contribution in [0.5, 0.6) is 0 Å². The summed E-state index contributed by atoms with van der Waals surface area (Å²) in [4.78, 5) is 2.66. The summed E-state index contributed by atoms with van der Waals surface area (Å²) in [5.41, 5.74) is 0.498. The largest absolute Gasteiger partial charge is 0.322 e. The zero-order valence-corrected chi connectivity index (χ0v) is 12.9. The molecule has 0 unspecified atom stereocenters. The lowest BCUT2D eigenvalue weighted by atomic mass is 9.90. The molecular weight excluding hydrogens is 208 g/mol. The number of rotatable bonds is 4. The van der Waals surface area contributed by atoms with Crippen LogP contribution in [0.2, 0.25) is 0 Å². The summed E-state index contributed by atoms with van der Waals surface area (Å²) >= 11 is 0. The Morgan fingerprint density at radius 1 is 1.12 bits per heavy atom. The van der Waals surface area contributed by atoms with Crippen molar-refractivity contribution in [1.29, 1.82) is 0 Å². The third-order valence-corrected chi connectivity index (χ3v) is 4.50. The SMILES string of the molecule is CC(C)[N+]1(C)CCN(CCCC(C)(C)C)CC1. The number of quaternary nitrogens is 1. The number of likely N-dealkylation sites (N-methyl/N-ethyl adjacent to an activating group) is 1.